The number of likely N-dealkylation sites (N-methyl/N-ethyl adjacent to an activating group) is 2. The van der Waals surface area contributed by atoms with E-state index in [9.17, 15) is 24.0 Å². The van der Waals surface area contributed by atoms with Crippen LogP contribution in [-0.2, 0) is 27.4 Å². The number of carbonyl (C=O) groups is 5. The molecule has 4 rings (SSSR count). The van der Waals surface area contributed by atoms with E-state index in [1.165, 1.54) is 19.2 Å². The average Bonchev–Trinajstić information content (AvgIpc) is 3.17. The highest BCUT2D eigenvalue weighted by Crippen LogP contribution is 2.22. The molecule has 0 aliphatic heterocycles. The number of ether oxygens (including phenoxy) is 3. The van der Waals surface area contributed by atoms with Crippen molar-refractivity contribution in [3.63, 3.8) is 0 Å². The van der Waals surface area contributed by atoms with E-state index >= 15 is 0 Å². The van der Waals surface area contributed by atoms with Gasteiger partial charge in [0.15, 0.2) is 13.2 Å². The molecule has 4 aromatic carbocycles. The van der Waals surface area contributed by atoms with Crippen LogP contribution in [-0.4, -0.2) is 62.6 Å². The number of amides is 5. The normalized spacial score (nSPS) is 10.3. The van der Waals surface area contributed by atoms with Gasteiger partial charge >= 0.3 is 6.09 Å². The summed E-state index contributed by atoms with van der Waals surface area (Å²) in [6.07, 6.45) is -0.620. The van der Waals surface area contributed by atoms with Crippen molar-refractivity contribution in [3.05, 3.63) is 124 Å². The molecule has 14 nitrogen and oxygen atoms in total. The predicted octanol–water partition coefficient (Wildman–Crippen LogP) is 5.01. The van der Waals surface area contributed by atoms with Gasteiger partial charge < -0.3 is 35.5 Å². The van der Waals surface area contributed by atoms with Gasteiger partial charge in [-0.3, -0.25) is 24.5 Å². The summed E-state index contributed by atoms with van der Waals surface area (Å²) < 4.78 is 16.3. The molecule has 0 radical (unpaired) electrons. The molecule has 0 aliphatic rings. The van der Waals surface area contributed by atoms with Crippen molar-refractivity contribution in [1.82, 2.24) is 21.3 Å². The molecule has 0 saturated heterocycles. The minimum Gasteiger partial charge on any atom is -0.483 e. The van der Waals surface area contributed by atoms with Crippen LogP contribution in [0.2, 0.25) is 0 Å². The Hall–Kier alpha value is -6.88. The number of aryl methyl sites for hydroxylation is 1. The van der Waals surface area contributed by atoms with E-state index in [1.807, 2.05) is 49.4 Å². The Morgan fingerprint density at radius 1 is 0.673 bits per heavy atom. The summed E-state index contributed by atoms with van der Waals surface area (Å²) in [6.45, 7) is 7.38. The van der Waals surface area contributed by atoms with Crippen LogP contribution in [0.15, 0.2) is 91.0 Å². The standard InChI is InChI=1S/C23H26N4O5.C18H20N2O3/c1-23(2,3)32-22(30)27-18-7-5-6-16(11-18)21(29)26-13-17-9-8-15(12-24)10-19(17)31-14-20(28)25-4;1-13-8-9-15(16(10-13)23-12-17(21)19-2)11-20-18(22)14-6-4-3-5-7-14/h5-11H,13-14H2,1-4H3,(H,25,28)(H,26,29)(H,27,30);3-10H,11-12H2,1-2H3,(H,19,21)(H,20,22). The molecule has 0 aliphatic carbocycles. The van der Waals surface area contributed by atoms with Gasteiger partial charge in [0, 0.05) is 55.1 Å². The zero-order valence-electron chi connectivity index (χ0n) is 31.7. The number of hydrogen-bond donors (Lipinski definition) is 5. The van der Waals surface area contributed by atoms with Crippen LogP contribution in [0.4, 0.5) is 10.5 Å². The van der Waals surface area contributed by atoms with Crippen LogP contribution >= 0.6 is 0 Å². The topological polar surface area (TPSA) is 197 Å². The lowest BCUT2D eigenvalue weighted by Gasteiger charge is -2.19. The van der Waals surface area contributed by atoms with Crippen molar-refractivity contribution >= 4 is 35.4 Å². The van der Waals surface area contributed by atoms with Crippen LogP contribution in [0.25, 0.3) is 0 Å². The third-order valence-corrected chi connectivity index (χ3v) is 7.38. The first-order valence-electron chi connectivity index (χ1n) is 17.2. The van der Waals surface area contributed by atoms with Crippen molar-refractivity contribution < 1.29 is 38.2 Å². The molecule has 5 N–H and O–H groups in total. The number of hydrogen-bond acceptors (Lipinski definition) is 9. The molecule has 0 heterocycles. The highest BCUT2D eigenvalue weighted by molar-refractivity contribution is 5.96. The second kappa shape index (κ2) is 21.0. The minimum atomic E-state index is -0.641. The maximum absolute atomic E-state index is 12.6. The molecule has 0 atom stereocenters. The van der Waals surface area contributed by atoms with Crippen LogP contribution in [0.5, 0.6) is 11.5 Å². The molecule has 5 amide bonds. The molecular weight excluding hydrogens is 704 g/mol. The molecule has 0 aromatic heterocycles. The maximum Gasteiger partial charge on any atom is 0.412 e. The number of nitrogens with one attached hydrogen (secondary N) is 5. The molecular formula is C41H46N6O8. The van der Waals surface area contributed by atoms with E-state index in [-0.39, 0.29) is 43.4 Å². The van der Waals surface area contributed by atoms with Crippen molar-refractivity contribution in [2.75, 3.05) is 32.6 Å². The number of nitrogens with zero attached hydrogens (tertiary/aromatic N) is 1. The van der Waals surface area contributed by atoms with Gasteiger partial charge in [-0.25, -0.2) is 4.79 Å². The van der Waals surface area contributed by atoms with E-state index in [1.54, 1.807) is 70.3 Å². The predicted molar refractivity (Wildman–Crippen MR) is 207 cm³/mol. The third kappa shape index (κ3) is 14.9. The quantitative estimate of drug-likeness (QED) is 0.125. The zero-order valence-corrected chi connectivity index (χ0v) is 31.7. The number of anilines is 1. The lowest BCUT2D eigenvalue weighted by molar-refractivity contribution is -0.123. The lowest BCUT2D eigenvalue weighted by atomic mass is 10.1. The van der Waals surface area contributed by atoms with Gasteiger partial charge in [-0.2, -0.15) is 5.26 Å². The Balaban J connectivity index is 0.000000311. The summed E-state index contributed by atoms with van der Waals surface area (Å²) in [6, 6.07) is 27.9. The number of rotatable bonds is 13. The SMILES string of the molecule is CNC(=O)COc1cc(C#N)ccc1CNC(=O)c1cccc(NC(=O)OC(C)(C)C)c1.CNC(=O)COc1cc(C)ccc1CNC(=O)c1ccccc1. The second-order valence-electron chi connectivity index (χ2n) is 12.9. The van der Waals surface area contributed by atoms with E-state index in [0.717, 1.165) is 11.1 Å². The fraction of sp³-hybridized carbons (Fsp3) is 0.268. The smallest absolute Gasteiger partial charge is 0.412 e. The first kappa shape index (κ1) is 42.5. The molecule has 0 spiro atoms. The molecule has 0 unspecified atom stereocenters. The summed E-state index contributed by atoms with van der Waals surface area (Å²) in [5, 5.41) is 22.3. The van der Waals surface area contributed by atoms with E-state index in [0.29, 0.717) is 46.0 Å². The Labute approximate surface area is 320 Å². The number of nitriles is 1. The molecule has 0 fully saturated rings. The van der Waals surface area contributed by atoms with Crippen molar-refractivity contribution in [2.45, 2.75) is 46.4 Å². The van der Waals surface area contributed by atoms with Gasteiger partial charge in [-0.05, 0) is 81.8 Å². The van der Waals surface area contributed by atoms with E-state index in [4.69, 9.17) is 19.5 Å². The van der Waals surface area contributed by atoms with Crippen molar-refractivity contribution in [3.8, 4) is 17.6 Å². The average molecular weight is 751 g/mol. The molecule has 4 aromatic rings. The van der Waals surface area contributed by atoms with Crippen LogP contribution in [0, 0.1) is 18.3 Å². The Kier molecular flexibility index (Phi) is 16.2. The summed E-state index contributed by atoms with van der Waals surface area (Å²) >= 11 is 0. The van der Waals surface area contributed by atoms with Gasteiger partial charge in [0.2, 0.25) is 0 Å². The van der Waals surface area contributed by atoms with Crippen LogP contribution < -0.4 is 36.1 Å². The molecule has 0 saturated carbocycles. The highest BCUT2D eigenvalue weighted by Gasteiger charge is 2.17. The molecule has 14 heteroatoms. The first-order valence-corrected chi connectivity index (χ1v) is 17.2. The molecule has 288 valence electrons. The summed E-state index contributed by atoms with van der Waals surface area (Å²) in [5.41, 5.74) is 3.53. The second-order valence-corrected chi connectivity index (χ2v) is 12.9. The Bertz CT molecular complexity index is 2000. The van der Waals surface area contributed by atoms with Crippen molar-refractivity contribution in [1.29, 1.82) is 5.26 Å². The summed E-state index contributed by atoms with van der Waals surface area (Å²) in [7, 11) is 3.05. The van der Waals surface area contributed by atoms with Crippen molar-refractivity contribution in [2.24, 2.45) is 0 Å². The van der Waals surface area contributed by atoms with Gasteiger partial charge in [-0.1, -0.05) is 42.5 Å². The third-order valence-electron chi connectivity index (χ3n) is 7.38. The van der Waals surface area contributed by atoms with Gasteiger partial charge in [-0.15, -0.1) is 0 Å². The Morgan fingerprint density at radius 2 is 1.22 bits per heavy atom. The molecule has 55 heavy (non-hydrogen) atoms. The largest absolute Gasteiger partial charge is 0.483 e. The zero-order chi connectivity index (χ0) is 40.4. The maximum atomic E-state index is 12.6. The monoisotopic (exact) mass is 750 g/mol. The van der Waals surface area contributed by atoms with Gasteiger partial charge in [0.1, 0.15) is 17.1 Å². The Morgan fingerprint density at radius 3 is 1.78 bits per heavy atom. The number of benzene rings is 4. The molecule has 0 bridgehead atoms. The lowest BCUT2D eigenvalue weighted by Crippen LogP contribution is -2.27. The minimum absolute atomic E-state index is 0.0560. The van der Waals surface area contributed by atoms with Crippen LogP contribution in [0.1, 0.15) is 63.7 Å². The van der Waals surface area contributed by atoms with Crippen LogP contribution in [0.3, 0.4) is 0 Å². The fourth-order valence-corrected chi connectivity index (χ4v) is 4.58. The highest BCUT2D eigenvalue weighted by atomic mass is 16.6. The summed E-state index contributed by atoms with van der Waals surface area (Å²) in [5.74, 6) is -0.124. The van der Waals surface area contributed by atoms with Gasteiger partial charge in [0.25, 0.3) is 23.6 Å². The van der Waals surface area contributed by atoms with Gasteiger partial charge in [0.05, 0.1) is 11.6 Å². The fourth-order valence-electron chi connectivity index (χ4n) is 4.58. The van der Waals surface area contributed by atoms with E-state index in [2.05, 4.69) is 26.6 Å². The van der Waals surface area contributed by atoms with E-state index < -0.39 is 11.7 Å². The first-order chi connectivity index (χ1) is 26.2. The number of carbonyl (C=O) groups excluding carboxylic acids is 5. The summed E-state index contributed by atoms with van der Waals surface area (Å²) in [4.78, 5) is 59.5.